The molecule has 3 aliphatic rings. The lowest BCUT2D eigenvalue weighted by Gasteiger charge is -2.30. The van der Waals surface area contributed by atoms with Gasteiger partial charge in [0.2, 0.25) is 11.8 Å². The summed E-state index contributed by atoms with van der Waals surface area (Å²) in [5, 5.41) is 10.1. The molecule has 0 aromatic rings. The summed E-state index contributed by atoms with van der Waals surface area (Å²) in [6.45, 7) is 0.455. The number of piperidine rings is 1. The van der Waals surface area contributed by atoms with Gasteiger partial charge in [0.05, 0.1) is 5.71 Å². The predicted molar refractivity (Wildman–Crippen MR) is 66.3 cm³/mol. The number of hydrogen-bond donors (Lipinski definition) is 2. The van der Waals surface area contributed by atoms with Gasteiger partial charge in [-0.15, -0.1) is 0 Å². The van der Waals surface area contributed by atoms with Crippen LogP contribution >= 0.6 is 0 Å². The van der Waals surface area contributed by atoms with Crippen molar-refractivity contribution in [3.63, 3.8) is 0 Å². The van der Waals surface area contributed by atoms with Crippen molar-refractivity contribution in [1.82, 2.24) is 10.2 Å². The molecule has 1 fully saturated rings. The lowest BCUT2D eigenvalue weighted by Crippen LogP contribution is -2.51. The van der Waals surface area contributed by atoms with E-state index in [0.717, 1.165) is 5.57 Å². The molecule has 3 rings (SSSR count). The topological polar surface area (TPSA) is 90.3 Å². The van der Waals surface area contributed by atoms with Gasteiger partial charge in [-0.05, 0) is 18.1 Å². The van der Waals surface area contributed by atoms with Gasteiger partial charge in [0, 0.05) is 25.1 Å². The highest BCUT2D eigenvalue weighted by Crippen LogP contribution is 2.30. The fourth-order valence-electron chi connectivity index (χ4n) is 2.72. The molecular formula is C13H13N3O3. The zero-order chi connectivity index (χ0) is 13.6. The lowest BCUT2D eigenvalue weighted by molar-refractivity contribution is -0.136. The number of ketones is 1. The second-order valence-electron chi connectivity index (χ2n) is 4.96. The molecule has 2 atom stereocenters. The highest BCUT2D eigenvalue weighted by molar-refractivity contribution is 6.45. The van der Waals surface area contributed by atoms with Gasteiger partial charge in [0.1, 0.15) is 6.04 Å². The summed E-state index contributed by atoms with van der Waals surface area (Å²) in [5.41, 5.74) is 0.956. The van der Waals surface area contributed by atoms with Gasteiger partial charge in [0.15, 0.2) is 5.78 Å². The quantitative estimate of drug-likeness (QED) is 0.636. The maximum atomic E-state index is 11.8. The van der Waals surface area contributed by atoms with E-state index in [1.807, 2.05) is 11.1 Å². The minimum atomic E-state index is -0.382. The van der Waals surface area contributed by atoms with E-state index in [1.165, 1.54) is 6.08 Å². The Morgan fingerprint density at radius 1 is 1.26 bits per heavy atom. The first kappa shape index (κ1) is 11.8. The molecule has 98 valence electrons. The van der Waals surface area contributed by atoms with Gasteiger partial charge in [0.25, 0.3) is 0 Å². The van der Waals surface area contributed by atoms with Crippen molar-refractivity contribution in [3.05, 3.63) is 23.9 Å². The third kappa shape index (κ3) is 1.89. The number of hydrogen-bond acceptors (Lipinski definition) is 5. The summed E-state index contributed by atoms with van der Waals surface area (Å²) in [7, 11) is 0. The molecule has 6 nitrogen and oxygen atoms in total. The van der Waals surface area contributed by atoms with Crippen molar-refractivity contribution in [2.75, 3.05) is 6.54 Å². The number of nitrogens with one attached hydrogen (secondary N) is 2. The summed E-state index contributed by atoms with van der Waals surface area (Å²) < 4.78 is 0. The second kappa shape index (κ2) is 4.15. The summed E-state index contributed by atoms with van der Waals surface area (Å²) in [4.78, 5) is 36.2. The minimum absolute atomic E-state index is 0.0727. The number of carbonyl (C=O) groups excluding carboxylic acids is 3. The maximum absolute atomic E-state index is 11.8. The lowest BCUT2D eigenvalue weighted by atomic mass is 9.89. The molecule has 1 aliphatic carbocycles. The van der Waals surface area contributed by atoms with Crippen LogP contribution in [-0.2, 0) is 14.4 Å². The van der Waals surface area contributed by atoms with Crippen LogP contribution in [0.15, 0.2) is 23.9 Å². The number of allylic oxidation sites excluding steroid dienone is 2. The zero-order valence-electron chi connectivity index (χ0n) is 10.2. The number of imide groups is 1. The first-order chi connectivity index (χ1) is 9.06. The average molecular weight is 259 g/mol. The molecule has 2 amide bonds. The van der Waals surface area contributed by atoms with Crippen LogP contribution < -0.4 is 5.32 Å². The van der Waals surface area contributed by atoms with Gasteiger partial charge in [-0.1, -0.05) is 6.08 Å². The van der Waals surface area contributed by atoms with Crippen LogP contribution in [0.1, 0.15) is 12.8 Å². The third-order valence-corrected chi connectivity index (χ3v) is 3.76. The predicted octanol–water partition coefficient (Wildman–Crippen LogP) is -0.234. The minimum Gasteiger partial charge on any atom is -0.364 e. The standard InChI is InChI=1S/C13H13N3O3/c14-12-8-6-16(5-7(8)1-3-10(12)17)9-2-4-11(18)15-13(9)19/h1,3,5,8-9,14H,2,4,6H2,(H,15,18,19). The van der Waals surface area contributed by atoms with Crippen molar-refractivity contribution in [2.45, 2.75) is 18.9 Å². The number of amides is 2. The molecule has 0 spiro atoms. The fraction of sp³-hybridized carbons (Fsp3) is 0.385. The van der Waals surface area contributed by atoms with Gasteiger partial charge in [-0.3, -0.25) is 19.7 Å². The molecule has 2 aliphatic heterocycles. The van der Waals surface area contributed by atoms with Gasteiger partial charge < -0.3 is 10.3 Å². The fourth-order valence-corrected chi connectivity index (χ4v) is 2.72. The van der Waals surface area contributed by atoms with E-state index in [1.54, 1.807) is 6.08 Å². The van der Waals surface area contributed by atoms with Crippen molar-refractivity contribution >= 4 is 23.3 Å². The highest BCUT2D eigenvalue weighted by Gasteiger charge is 2.38. The van der Waals surface area contributed by atoms with E-state index in [2.05, 4.69) is 5.32 Å². The molecule has 2 heterocycles. The Morgan fingerprint density at radius 3 is 2.79 bits per heavy atom. The summed E-state index contributed by atoms with van der Waals surface area (Å²) >= 11 is 0. The summed E-state index contributed by atoms with van der Waals surface area (Å²) in [6.07, 6.45) is 5.72. The monoisotopic (exact) mass is 259 g/mol. The highest BCUT2D eigenvalue weighted by atomic mass is 16.2. The van der Waals surface area contributed by atoms with Crippen LogP contribution in [0.25, 0.3) is 0 Å². The number of rotatable bonds is 1. The molecule has 0 radical (unpaired) electrons. The van der Waals surface area contributed by atoms with Crippen molar-refractivity contribution in [2.24, 2.45) is 5.92 Å². The SMILES string of the molecule is N=C1C(=O)C=CC2=CN(C3CCC(=O)NC3=O)CC12. The molecular weight excluding hydrogens is 246 g/mol. The Balaban J connectivity index is 1.80. The van der Waals surface area contributed by atoms with E-state index in [4.69, 9.17) is 5.41 Å². The summed E-state index contributed by atoms with van der Waals surface area (Å²) in [6, 6.07) is -0.382. The molecule has 6 heteroatoms. The van der Waals surface area contributed by atoms with Crippen LogP contribution in [0.4, 0.5) is 0 Å². The molecule has 2 unspecified atom stereocenters. The molecule has 0 aromatic carbocycles. The Labute approximate surface area is 109 Å². The molecule has 0 bridgehead atoms. The van der Waals surface area contributed by atoms with Crippen LogP contribution in [0.5, 0.6) is 0 Å². The largest absolute Gasteiger partial charge is 0.364 e. The molecule has 1 saturated heterocycles. The average Bonchev–Trinajstić information content (AvgIpc) is 2.78. The van der Waals surface area contributed by atoms with E-state index >= 15 is 0 Å². The van der Waals surface area contributed by atoms with Gasteiger partial charge >= 0.3 is 0 Å². The van der Waals surface area contributed by atoms with Crippen molar-refractivity contribution in [1.29, 1.82) is 5.41 Å². The van der Waals surface area contributed by atoms with E-state index < -0.39 is 0 Å². The van der Waals surface area contributed by atoms with Crippen molar-refractivity contribution < 1.29 is 14.4 Å². The zero-order valence-corrected chi connectivity index (χ0v) is 10.2. The maximum Gasteiger partial charge on any atom is 0.249 e. The van der Waals surface area contributed by atoms with E-state index in [-0.39, 0.29) is 35.3 Å². The Morgan fingerprint density at radius 2 is 2.05 bits per heavy atom. The Bertz CT molecular complexity index is 561. The molecule has 0 aromatic heterocycles. The van der Waals surface area contributed by atoms with Crippen LogP contribution in [-0.4, -0.2) is 40.8 Å². The van der Waals surface area contributed by atoms with Crippen LogP contribution in [0.2, 0.25) is 0 Å². The first-order valence-electron chi connectivity index (χ1n) is 6.18. The summed E-state index contributed by atoms with van der Waals surface area (Å²) in [5.74, 6) is -1.06. The van der Waals surface area contributed by atoms with Gasteiger partial charge in [-0.25, -0.2) is 0 Å². The Kier molecular flexibility index (Phi) is 2.58. The molecule has 19 heavy (non-hydrogen) atoms. The number of nitrogens with zero attached hydrogens (tertiary/aromatic N) is 1. The Hall–Kier alpha value is -2.24. The smallest absolute Gasteiger partial charge is 0.249 e. The third-order valence-electron chi connectivity index (χ3n) is 3.76. The van der Waals surface area contributed by atoms with E-state index in [0.29, 0.717) is 19.4 Å². The van der Waals surface area contributed by atoms with Gasteiger partial charge in [-0.2, -0.15) is 0 Å². The number of fused-ring (bicyclic) bond motifs is 1. The van der Waals surface area contributed by atoms with Crippen LogP contribution in [0.3, 0.4) is 0 Å². The number of carbonyl (C=O) groups is 3. The molecule has 0 saturated carbocycles. The van der Waals surface area contributed by atoms with Crippen molar-refractivity contribution in [3.8, 4) is 0 Å². The van der Waals surface area contributed by atoms with E-state index in [9.17, 15) is 14.4 Å². The first-order valence-corrected chi connectivity index (χ1v) is 6.18. The normalized spacial score (nSPS) is 30.3. The molecule has 2 N–H and O–H groups in total. The van der Waals surface area contributed by atoms with Crippen LogP contribution in [0, 0.1) is 11.3 Å². The second-order valence-corrected chi connectivity index (χ2v) is 4.96.